The van der Waals surface area contributed by atoms with Crippen molar-refractivity contribution >= 4 is 37.9 Å². The molecule has 156 valence electrons. The summed E-state index contributed by atoms with van der Waals surface area (Å²) in [5, 5.41) is 12.4. The van der Waals surface area contributed by atoms with Crippen LogP contribution in [-0.2, 0) is 10.0 Å². The molecule has 1 N–H and O–H groups in total. The summed E-state index contributed by atoms with van der Waals surface area (Å²) >= 11 is 0. The fourth-order valence-electron chi connectivity index (χ4n) is 3.50. The van der Waals surface area contributed by atoms with Gasteiger partial charge in [0.1, 0.15) is 16.6 Å². The molecule has 1 aliphatic heterocycles. The number of aromatic nitrogens is 5. The summed E-state index contributed by atoms with van der Waals surface area (Å²) in [5.74, 6) is -2.99. The molecule has 3 aromatic rings. The smallest absolute Gasteiger partial charge is 0.350 e. The average molecular weight is 425 g/mol. The molecular formula is C17H21F2N7O2S. The number of hydrogen-bond acceptors (Lipinski definition) is 7. The molecule has 4 rings (SSSR count). The number of rotatable bonds is 5. The molecule has 0 amide bonds. The van der Waals surface area contributed by atoms with Crippen molar-refractivity contribution in [1.29, 1.82) is 0 Å². The van der Waals surface area contributed by atoms with Crippen LogP contribution in [-0.4, -0.2) is 62.6 Å². The van der Waals surface area contributed by atoms with Crippen LogP contribution in [0.5, 0.6) is 0 Å². The monoisotopic (exact) mass is 425 g/mol. The Kier molecular flexibility index (Phi) is 5.07. The lowest BCUT2D eigenvalue weighted by atomic mass is 10.1. The number of halogens is 2. The highest BCUT2D eigenvalue weighted by atomic mass is 32.2. The van der Waals surface area contributed by atoms with Crippen molar-refractivity contribution in [3.05, 3.63) is 18.3 Å². The summed E-state index contributed by atoms with van der Waals surface area (Å²) in [5.41, 5.74) is 2.28. The number of sulfonamides is 1. The van der Waals surface area contributed by atoms with Gasteiger partial charge in [-0.25, -0.2) is 23.1 Å². The predicted octanol–water partition coefficient (Wildman–Crippen LogP) is 2.38. The van der Waals surface area contributed by atoms with Gasteiger partial charge in [-0.05, 0) is 38.8 Å². The number of nitrogens with zero attached hydrogens (tertiary/aromatic N) is 6. The first-order chi connectivity index (χ1) is 13.8. The number of alkyl halides is 2. The van der Waals surface area contributed by atoms with Gasteiger partial charge in [-0.1, -0.05) is 5.21 Å². The van der Waals surface area contributed by atoms with E-state index in [0.717, 1.165) is 26.2 Å². The Hall–Kier alpha value is -2.47. The SMILES string of the molecule is CC(C)n1nnc2ccc3cnc(NC4CCN(S(=O)(=O)C(F)F)CC4)nc3c21. The number of anilines is 1. The average Bonchev–Trinajstić information content (AvgIpc) is 3.13. The fourth-order valence-corrected chi connectivity index (χ4v) is 4.45. The summed E-state index contributed by atoms with van der Waals surface area (Å²) < 4.78 is 51.3. The maximum atomic E-state index is 12.7. The standard InChI is InChI=1S/C17H21F2N7O2S/c1-10(2)26-15-13(23-24-26)4-3-11-9-20-17(22-14(11)15)21-12-5-7-25(8-6-12)29(27,28)16(18)19/h3-4,9-10,12,16H,5-8H2,1-2H3,(H,20,21,22). The van der Waals surface area contributed by atoms with Crippen LogP contribution in [0.3, 0.4) is 0 Å². The van der Waals surface area contributed by atoms with E-state index in [0.29, 0.717) is 18.8 Å². The van der Waals surface area contributed by atoms with Gasteiger partial charge in [-0.3, -0.25) is 0 Å². The van der Waals surface area contributed by atoms with E-state index in [4.69, 9.17) is 0 Å². The van der Waals surface area contributed by atoms with Crippen molar-refractivity contribution in [3.8, 4) is 0 Å². The maximum Gasteiger partial charge on any atom is 0.350 e. The maximum absolute atomic E-state index is 12.7. The first-order valence-corrected chi connectivity index (χ1v) is 10.8. The first-order valence-electron chi connectivity index (χ1n) is 9.31. The van der Waals surface area contributed by atoms with E-state index in [-0.39, 0.29) is 25.2 Å². The Morgan fingerprint density at radius 1 is 1.21 bits per heavy atom. The predicted molar refractivity (Wildman–Crippen MR) is 104 cm³/mol. The van der Waals surface area contributed by atoms with Gasteiger partial charge in [0.2, 0.25) is 5.95 Å². The Morgan fingerprint density at radius 2 is 1.93 bits per heavy atom. The van der Waals surface area contributed by atoms with Crippen LogP contribution in [0.25, 0.3) is 21.9 Å². The molecule has 0 saturated carbocycles. The second-order valence-corrected chi connectivity index (χ2v) is 9.22. The summed E-state index contributed by atoms with van der Waals surface area (Å²) in [6.45, 7) is 4.08. The lowest BCUT2D eigenvalue weighted by Gasteiger charge is -2.31. The fraction of sp³-hybridized carbons (Fsp3) is 0.529. The minimum absolute atomic E-state index is 0.0339. The van der Waals surface area contributed by atoms with Crippen LogP contribution in [0, 0.1) is 0 Å². The number of nitrogens with one attached hydrogen (secondary N) is 1. The third-order valence-electron chi connectivity index (χ3n) is 5.04. The second kappa shape index (κ2) is 7.41. The number of hydrogen-bond donors (Lipinski definition) is 1. The van der Waals surface area contributed by atoms with Crippen molar-refractivity contribution in [2.45, 2.75) is 44.5 Å². The number of piperidine rings is 1. The summed E-state index contributed by atoms with van der Waals surface area (Å²) in [6, 6.07) is 3.76. The van der Waals surface area contributed by atoms with Crippen LogP contribution in [0.1, 0.15) is 32.7 Å². The normalized spacial score (nSPS) is 17.0. The Morgan fingerprint density at radius 3 is 2.59 bits per heavy atom. The van der Waals surface area contributed by atoms with Crippen LogP contribution in [0.15, 0.2) is 18.3 Å². The van der Waals surface area contributed by atoms with Crippen LogP contribution in [0.2, 0.25) is 0 Å². The topological polar surface area (TPSA) is 106 Å². The lowest BCUT2D eigenvalue weighted by molar-refractivity contribution is 0.212. The van der Waals surface area contributed by atoms with Gasteiger partial charge in [0.25, 0.3) is 10.0 Å². The molecule has 29 heavy (non-hydrogen) atoms. The largest absolute Gasteiger partial charge is 0.351 e. The van der Waals surface area contributed by atoms with Crippen molar-refractivity contribution in [1.82, 2.24) is 29.3 Å². The van der Waals surface area contributed by atoms with E-state index in [2.05, 4.69) is 25.6 Å². The lowest BCUT2D eigenvalue weighted by Crippen LogP contribution is -2.44. The van der Waals surface area contributed by atoms with Crippen molar-refractivity contribution in [2.24, 2.45) is 0 Å². The molecule has 1 fully saturated rings. The molecule has 0 unspecified atom stereocenters. The zero-order valence-electron chi connectivity index (χ0n) is 16.0. The molecule has 3 heterocycles. The van der Waals surface area contributed by atoms with Gasteiger partial charge in [-0.15, -0.1) is 5.10 Å². The Labute approximate surface area is 166 Å². The second-order valence-electron chi connectivity index (χ2n) is 7.32. The molecule has 0 spiro atoms. The molecule has 1 aliphatic rings. The number of benzene rings is 1. The molecular weight excluding hydrogens is 404 g/mol. The van der Waals surface area contributed by atoms with E-state index >= 15 is 0 Å². The molecule has 0 atom stereocenters. The third kappa shape index (κ3) is 3.62. The molecule has 0 aliphatic carbocycles. The zero-order chi connectivity index (χ0) is 20.8. The highest BCUT2D eigenvalue weighted by Crippen LogP contribution is 2.26. The van der Waals surface area contributed by atoms with Gasteiger partial charge in [0.15, 0.2) is 0 Å². The first kappa shape index (κ1) is 19.8. The van der Waals surface area contributed by atoms with Gasteiger partial charge in [-0.2, -0.15) is 13.1 Å². The molecule has 0 radical (unpaired) electrons. The molecule has 1 saturated heterocycles. The van der Waals surface area contributed by atoms with E-state index in [1.165, 1.54) is 0 Å². The molecule has 12 heteroatoms. The molecule has 1 aromatic carbocycles. The van der Waals surface area contributed by atoms with Gasteiger partial charge >= 0.3 is 5.76 Å². The highest BCUT2D eigenvalue weighted by Gasteiger charge is 2.34. The molecule has 9 nitrogen and oxygen atoms in total. The van der Waals surface area contributed by atoms with Gasteiger partial charge in [0.05, 0.1) is 0 Å². The highest BCUT2D eigenvalue weighted by molar-refractivity contribution is 7.89. The Balaban J connectivity index is 1.57. The minimum atomic E-state index is -4.53. The van der Waals surface area contributed by atoms with E-state index in [1.54, 1.807) is 6.20 Å². The van der Waals surface area contributed by atoms with E-state index in [1.807, 2.05) is 30.7 Å². The molecule has 2 aromatic heterocycles. The molecule has 0 bridgehead atoms. The van der Waals surface area contributed by atoms with Crippen LogP contribution >= 0.6 is 0 Å². The van der Waals surface area contributed by atoms with Crippen molar-refractivity contribution < 1.29 is 17.2 Å². The van der Waals surface area contributed by atoms with Gasteiger partial charge < -0.3 is 5.32 Å². The van der Waals surface area contributed by atoms with Crippen molar-refractivity contribution in [2.75, 3.05) is 18.4 Å². The Bertz CT molecular complexity index is 1140. The quantitative estimate of drug-likeness (QED) is 0.669. The van der Waals surface area contributed by atoms with Crippen LogP contribution < -0.4 is 5.32 Å². The van der Waals surface area contributed by atoms with E-state index in [9.17, 15) is 17.2 Å². The van der Waals surface area contributed by atoms with E-state index < -0.39 is 15.8 Å². The minimum Gasteiger partial charge on any atom is -0.351 e. The van der Waals surface area contributed by atoms with Crippen LogP contribution in [0.4, 0.5) is 14.7 Å². The van der Waals surface area contributed by atoms with Gasteiger partial charge in [0, 0.05) is 36.8 Å². The third-order valence-corrected chi connectivity index (χ3v) is 6.58. The summed E-state index contributed by atoms with van der Waals surface area (Å²) in [6.07, 6.45) is 2.49. The summed E-state index contributed by atoms with van der Waals surface area (Å²) in [7, 11) is -4.53. The van der Waals surface area contributed by atoms with Crippen molar-refractivity contribution in [3.63, 3.8) is 0 Å². The zero-order valence-corrected chi connectivity index (χ0v) is 16.8. The summed E-state index contributed by atoms with van der Waals surface area (Å²) in [4.78, 5) is 8.97. The number of fused-ring (bicyclic) bond motifs is 3.